The number of carbonyl (C=O) groups excluding carboxylic acids is 1. The largest absolute Gasteiger partial charge is 0.379 e. The Morgan fingerprint density at radius 1 is 1.29 bits per heavy atom. The van der Waals surface area contributed by atoms with E-state index in [0.29, 0.717) is 5.82 Å². The summed E-state index contributed by atoms with van der Waals surface area (Å²) in [5, 5.41) is 3.92. The fourth-order valence-electron chi connectivity index (χ4n) is 3.28. The van der Waals surface area contributed by atoms with Gasteiger partial charge in [0.05, 0.1) is 24.0 Å². The van der Waals surface area contributed by atoms with Gasteiger partial charge in [-0.3, -0.25) is 9.69 Å². The second kappa shape index (κ2) is 7.14. The van der Waals surface area contributed by atoms with E-state index in [-0.39, 0.29) is 18.1 Å². The first-order valence-electron chi connectivity index (χ1n) is 8.40. The monoisotopic (exact) mass is 347 g/mol. The summed E-state index contributed by atoms with van der Waals surface area (Å²) in [5.74, 6) is 0.552. The molecule has 2 aromatic rings. The number of anilines is 1. The van der Waals surface area contributed by atoms with Gasteiger partial charge in [-0.25, -0.2) is 0 Å². The Balaban J connectivity index is 1.34. The number of nitrogens with zero attached hydrogens (tertiary/aromatic N) is 2. The molecule has 0 radical (unpaired) electrons. The van der Waals surface area contributed by atoms with E-state index in [9.17, 15) is 4.79 Å². The number of hydrogen-bond donors (Lipinski definition) is 1. The van der Waals surface area contributed by atoms with Gasteiger partial charge in [0.15, 0.2) is 5.82 Å². The van der Waals surface area contributed by atoms with E-state index < -0.39 is 0 Å². The molecule has 3 heterocycles. The summed E-state index contributed by atoms with van der Waals surface area (Å²) in [5.41, 5.74) is 0. The SMILES string of the molecule is O=C(Nc1nsc2ccccc12)[C@@H]1CC[C@H](CN2CCOCC2)O1. The third kappa shape index (κ3) is 3.44. The maximum atomic E-state index is 12.5. The van der Waals surface area contributed by atoms with Crippen LogP contribution in [0, 0.1) is 0 Å². The van der Waals surface area contributed by atoms with Crippen molar-refractivity contribution in [2.75, 3.05) is 38.2 Å². The third-order valence-corrected chi connectivity index (χ3v) is 5.41. The number of rotatable bonds is 4. The molecule has 0 spiro atoms. The highest BCUT2D eigenvalue weighted by molar-refractivity contribution is 7.13. The number of aromatic nitrogens is 1. The van der Waals surface area contributed by atoms with Gasteiger partial charge in [0, 0.05) is 25.0 Å². The van der Waals surface area contributed by atoms with Crippen LogP contribution in [0.1, 0.15) is 12.8 Å². The highest BCUT2D eigenvalue weighted by Gasteiger charge is 2.32. The summed E-state index contributed by atoms with van der Waals surface area (Å²) >= 11 is 1.40. The van der Waals surface area contributed by atoms with Gasteiger partial charge in [0.25, 0.3) is 5.91 Å². The molecule has 2 fully saturated rings. The first kappa shape index (κ1) is 16.0. The molecule has 2 saturated heterocycles. The molecule has 0 unspecified atom stereocenters. The Hall–Kier alpha value is -1.54. The van der Waals surface area contributed by atoms with Crippen molar-refractivity contribution in [2.45, 2.75) is 25.0 Å². The van der Waals surface area contributed by atoms with Crippen LogP contribution in [-0.4, -0.2) is 60.2 Å². The molecule has 1 aromatic heterocycles. The van der Waals surface area contributed by atoms with Crippen molar-refractivity contribution in [1.29, 1.82) is 0 Å². The zero-order valence-electron chi connectivity index (χ0n) is 13.4. The maximum Gasteiger partial charge on any atom is 0.254 e. The van der Waals surface area contributed by atoms with Crippen LogP contribution < -0.4 is 5.32 Å². The van der Waals surface area contributed by atoms with Gasteiger partial charge < -0.3 is 14.8 Å². The molecule has 2 aliphatic heterocycles. The zero-order chi connectivity index (χ0) is 16.4. The highest BCUT2D eigenvalue weighted by Crippen LogP contribution is 2.28. The molecule has 0 saturated carbocycles. The molecule has 1 aromatic carbocycles. The number of benzene rings is 1. The lowest BCUT2D eigenvalue weighted by atomic mass is 10.1. The molecule has 4 rings (SSSR count). The normalized spacial score (nSPS) is 25.2. The van der Waals surface area contributed by atoms with E-state index in [1.54, 1.807) is 0 Å². The number of morpholine rings is 1. The van der Waals surface area contributed by atoms with Gasteiger partial charge in [-0.2, -0.15) is 4.37 Å². The molecular formula is C17H21N3O3S. The second-order valence-electron chi connectivity index (χ2n) is 6.25. The zero-order valence-corrected chi connectivity index (χ0v) is 14.3. The van der Waals surface area contributed by atoms with Gasteiger partial charge in [-0.05, 0) is 36.5 Å². The number of ether oxygens (including phenoxy) is 2. The van der Waals surface area contributed by atoms with E-state index in [1.807, 2.05) is 24.3 Å². The lowest BCUT2D eigenvalue weighted by Crippen LogP contribution is -2.41. The summed E-state index contributed by atoms with van der Waals surface area (Å²) < 4.78 is 16.8. The molecule has 1 N–H and O–H groups in total. The van der Waals surface area contributed by atoms with Crippen molar-refractivity contribution in [1.82, 2.24) is 9.27 Å². The minimum absolute atomic E-state index is 0.0875. The molecular weight excluding hydrogens is 326 g/mol. The van der Waals surface area contributed by atoms with Crippen LogP contribution in [0.5, 0.6) is 0 Å². The molecule has 0 aliphatic carbocycles. The molecule has 2 atom stereocenters. The maximum absolute atomic E-state index is 12.5. The fourth-order valence-corrected chi connectivity index (χ4v) is 4.01. The first-order chi connectivity index (χ1) is 11.8. The summed E-state index contributed by atoms with van der Waals surface area (Å²) in [6.45, 7) is 4.34. The number of carbonyl (C=O) groups is 1. The van der Waals surface area contributed by atoms with Crippen molar-refractivity contribution < 1.29 is 14.3 Å². The van der Waals surface area contributed by atoms with E-state index in [4.69, 9.17) is 9.47 Å². The lowest BCUT2D eigenvalue weighted by Gasteiger charge is -2.28. The quantitative estimate of drug-likeness (QED) is 0.918. The second-order valence-corrected chi connectivity index (χ2v) is 7.06. The minimum Gasteiger partial charge on any atom is -0.379 e. The molecule has 7 heteroatoms. The number of fused-ring (bicyclic) bond motifs is 1. The number of amides is 1. The Morgan fingerprint density at radius 2 is 2.12 bits per heavy atom. The van der Waals surface area contributed by atoms with Crippen LogP contribution in [0.4, 0.5) is 5.82 Å². The van der Waals surface area contributed by atoms with Gasteiger partial charge in [-0.15, -0.1) is 0 Å². The first-order valence-corrected chi connectivity index (χ1v) is 9.18. The topological polar surface area (TPSA) is 63.7 Å². The molecule has 2 aliphatic rings. The third-order valence-electron chi connectivity index (χ3n) is 4.58. The molecule has 6 nitrogen and oxygen atoms in total. The highest BCUT2D eigenvalue weighted by atomic mass is 32.1. The Morgan fingerprint density at radius 3 is 3.00 bits per heavy atom. The van der Waals surface area contributed by atoms with Crippen LogP contribution in [0.25, 0.3) is 10.1 Å². The fraction of sp³-hybridized carbons (Fsp3) is 0.529. The van der Waals surface area contributed by atoms with E-state index in [2.05, 4.69) is 14.6 Å². The van der Waals surface area contributed by atoms with E-state index in [0.717, 1.165) is 55.8 Å². The van der Waals surface area contributed by atoms with Gasteiger partial charge in [-0.1, -0.05) is 12.1 Å². The Labute approximate surface area is 144 Å². The molecule has 128 valence electrons. The van der Waals surface area contributed by atoms with Gasteiger partial charge in [0.1, 0.15) is 6.10 Å². The Bertz CT molecular complexity index is 714. The number of nitrogens with one attached hydrogen (secondary N) is 1. The van der Waals surface area contributed by atoms with Crippen molar-refractivity contribution in [3.63, 3.8) is 0 Å². The van der Waals surface area contributed by atoms with Crippen LogP contribution in [-0.2, 0) is 14.3 Å². The van der Waals surface area contributed by atoms with Crippen molar-refractivity contribution in [3.8, 4) is 0 Å². The average Bonchev–Trinajstić information content (AvgIpc) is 3.24. The smallest absolute Gasteiger partial charge is 0.254 e. The van der Waals surface area contributed by atoms with Gasteiger partial charge in [0.2, 0.25) is 0 Å². The predicted octanol–water partition coefficient (Wildman–Crippen LogP) is 2.11. The summed E-state index contributed by atoms with van der Waals surface area (Å²) in [6.07, 6.45) is 1.44. The van der Waals surface area contributed by atoms with Crippen LogP contribution in [0.2, 0.25) is 0 Å². The van der Waals surface area contributed by atoms with Gasteiger partial charge >= 0.3 is 0 Å². The number of hydrogen-bond acceptors (Lipinski definition) is 6. The minimum atomic E-state index is -0.378. The average molecular weight is 347 g/mol. The van der Waals surface area contributed by atoms with Crippen LogP contribution in [0.3, 0.4) is 0 Å². The van der Waals surface area contributed by atoms with Crippen LogP contribution >= 0.6 is 11.5 Å². The predicted molar refractivity (Wildman–Crippen MR) is 93.4 cm³/mol. The standard InChI is InChI=1S/C17H21N3O3S/c21-17(18-16-13-3-1-2-4-15(13)24-19-16)14-6-5-12(23-14)11-20-7-9-22-10-8-20/h1-4,12,14H,5-11H2,(H,18,19,21)/t12-,14+/m1/s1. The van der Waals surface area contributed by atoms with Crippen molar-refractivity contribution in [2.24, 2.45) is 0 Å². The van der Waals surface area contributed by atoms with Crippen LogP contribution in [0.15, 0.2) is 24.3 Å². The summed E-state index contributed by atoms with van der Waals surface area (Å²) in [4.78, 5) is 14.8. The van der Waals surface area contributed by atoms with Crippen molar-refractivity contribution >= 4 is 33.3 Å². The van der Waals surface area contributed by atoms with E-state index in [1.165, 1.54) is 11.5 Å². The van der Waals surface area contributed by atoms with Crippen molar-refractivity contribution in [3.05, 3.63) is 24.3 Å². The molecule has 1 amide bonds. The molecule has 24 heavy (non-hydrogen) atoms. The summed E-state index contributed by atoms with van der Waals surface area (Å²) in [7, 11) is 0. The molecule has 0 bridgehead atoms. The summed E-state index contributed by atoms with van der Waals surface area (Å²) in [6, 6.07) is 7.91. The Kier molecular flexibility index (Phi) is 4.75. The van der Waals surface area contributed by atoms with E-state index >= 15 is 0 Å². The lowest BCUT2D eigenvalue weighted by molar-refractivity contribution is -0.127.